The molecule has 0 radical (unpaired) electrons. The zero-order chi connectivity index (χ0) is 21.7. The van der Waals surface area contributed by atoms with Gasteiger partial charge >= 0.3 is 6.18 Å². The summed E-state index contributed by atoms with van der Waals surface area (Å²) >= 11 is 0. The molecule has 4 rings (SSSR count). The third-order valence-corrected chi connectivity index (χ3v) is 6.34. The fourth-order valence-electron chi connectivity index (χ4n) is 3.05. The number of aryl methyl sites for hydroxylation is 1. The lowest BCUT2D eigenvalue weighted by Gasteiger charge is -2.19. The van der Waals surface area contributed by atoms with Crippen molar-refractivity contribution in [3.63, 3.8) is 0 Å². The van der Waals surface area contributed by atoms with E-state index < -0.39 is 21.8 Å². The molecule has 30 heavy (non-hydrogen) atoms. The van der Waals surface area contributed by atoms with E-state index in [0.717, 1.165) is 39.7 Å². The van der Waals surface area contributed by atoms with Crippen molar-refractivity contribution in [3.05, 3.63) is 60.2 Å². The second-order valence-electron chi connectivity index (χ2n) is 6.50. The van der Waals surface area contributed by atoms with E-state index >= 15 is 0 Å². The summed E-state index contributed by atoms with van der Waals surface area (Å²) in [7, 11) is -2.66. The van der Waals surface area contributed by atoms with Gasteiger partial charge in [-0.1, -0.05) is 6.07 Å². The number of benzene rings is 1. The Labute approximate surface area is 169 Å². The van der Waals surface area contributed by atoms with Crippen LogP contribution in [0.3, 0.4) is 0 Å². The van der Waals surface area contributed by atoms with Gasteiger partial charge < -0.3 is 0 Å². The van der Waals surface area contributed by atoms with Gasteiger partial charge in [0.1, 0.15) is 4.90 Å². The Balaban J connectivity index is 1.73. The standard InChI is InChI=1S/C18H15F3N6O2S/c1-11-17-14(25-24-11)4-3-5-15(17)26(2)30(28,29)13-9-23-27(10-13)16-8-12(6-7-22-16)18(19,20)21/h3-10H,1-2H3,(H,24,25). The number of fused-ring (bicyclic) bond motifs is 1. The summed E-state index contributed by atoms with van der Waals surface area (Å²) in [5.41, 5.74) is 0.803. The zero-order valence-electron chi connectivity index (χ0n) is 15.7. The van der Waals surface area contributed by atoms with E-state index in [-0.39, 0.29) is 10.7 Å². The quantitative estimate of drug-likeness (QED) is 0.530. The number of rotatable bonds is 4. The highest BCUT2D eigenvalue weighted by molar-refractivity contribution is 7.92. The molecule has 8 nitrogen and oxygen atoms in total. The Bertz CT molecular complexity index is 1340. The van der Waals surface area contributed by atoms with Gasteiger partial charge in [0, 0.05) is 18.6 Å². The van der Waals surface area contributed by atoms with Crippen molar-refractivity contribution in [2.75, 3.05) is 11.4 Å². The van der Waals surface area contributed by atoms with Gasteiger partial charge in [-0.2, -0.15) is 23.4 Å². The number of halogens is 3. The van der Waals surface area contributed by atoms with Crippen molar-refractivity contribution in [2.45, 2.75) is 18.0 Å². The van der Waals surface area contributed by atoms with E-state index in [1.807, 2.05) is 0 Å². The lowest BCUT2D eigenvalue weighted by Crippen LogP contribution is -2.26. The van der Waals surface area contributed by atoms with Gasteiger partial charge in [0.2, 0.25) is 0 Å². The molecule has 1 N–H and O–H groups in total. The number of H-pyrrole nitrogens is 1. The topological polar surface area (TPSA) is 96.8 Å². The average molecular weight is 436 g/mol. The molecule has 0 amide bonds. The summed E-state index contributed by atoms with van der Waals surface area (Å²) < 4.78 is 67.1. The molecule has 4 aromatic rings. The van der Waals surface area contributed by atoms with Crippen molar-refractivity contribution in [2.24, 2.45) is 0 Å². The Morgan fingerprint density at radius 1 is 1.20 bits per heavy atom. The summed E-state index contributed by atoms with van der Waals surface area (Å²) in [5.74, 6) is -0.151. The second-order valence-corrected chi connectivity index (χ2v) is 8.47. The summed E-state index contributed by atoms with van der Waals surface area (Å²) in [6.45, 7) is 1.75. The van der Waals surface area contributed by atoms with Crippen LogP contribution in [0.5, 0.6) is 0 Å². The summed E-state index contributed by atoms with van der Waals surface area (Å²) in [5, 5.41) is 11.5. The predicted molar refractivity (Wildman–Crippen MR) is 103 cm³/mol. The first kappa shape index (κ1) is 19.9. The molecule has 0 aliphatic heterocycles. The van der Waals surface area contributed by atoms with Gasteiger partial charge in [-0.25, -0.2) is 18.1 Å². The van der Waals surface area contributed by atoms with Crippen LogP contribution in [-0.4, -0.2) is 40.4 Å². The largest absolute Gasteiger partial charge is 0.416 e. The number of aromatic nitrogens is 5. The van der Waals surface area contributed by atoms with Crippen LogP contribution in [0.4, 0.5) is 18.9 Å². The summed E-state index contributed by atoms with van der Waals surface area (Å²) in [4.78, 5) is 3.65. The highest BCUT2D eigenvalue weighted by Gasteiger charge is 2.31. The third kappa shape index (κ3) is 3.28. The number of hydrogen-bond acceptors (Lipinski definition) is 5. The van der Waals surface area contributed by atoms with E-state index in [1.165, 1.54) is 7.05 Å². The van der Waals surface area contributed by atoms with E-state index in [2.05, 4.69) is 20.3 Å². The van der Waals surface area contributed by atoms with Crippen LogP contribution in [0.25, 0.3) is 16.7 Å². The van der Waals surface area contributed by atoms with Crippen molar-refractivity contribution in [1.82, 2.24) is 25.0 Å². The van der Waals surface area contributed by atoms with Crippen molar-refractivity contribution in [3.8, 4) is 5.82 Å². The Morgan fingerprint density at radius 3 is 2.70 bits per heavy atom. The van der Waals surface area contributed by atoms with E-state index in [9.17, 15) is 21.6 Å². The number of nitrogens with one attached hydrogen (secondary N) is 1. The molecule has 0 aliphatic rings. The zero-order valence-corrected chi connectivity index (χ0v) is 16.5. The summed E-state index contributed by atoms with van der Waals surface area (Å²) in [6, 6.07) is 6.73. The number of nitrogens with zero attached hydrogens (tertiary/aromatic N) is 5. The molecule has 0 fully saturated rings. The Morgan fingerprint density at radius 2 is 1.97 bits per heavy atom. The van der Waals surface area contributed by atoms with Crippen LogP contribution in [0, 0.1) is 6.92 Å². The molecule has 0 bridgehead atoms. The number of alkyl halides is 3. The molecule has 0 saturated carbocycles. The van der Waals surface area contributed by atoms with Crippen LogP contribution in [-0.2, 0) is 16.2 Å². The summed E-state index contributed by atoms with van der Waals surface area (Å²) in [6.07, 6.45) is -1.38. The number of aromatic amines is 1. The van der Waals surface area contributed by atoms with Gasteiger partial charge in [-0.3, -0.25) is 9.40 Å². The number of sulfonamides is 1. The third-order valence-electron chi connectivity index (χ3n) is 4.61. The van der Waals surface area contributed by atoms with Crippen LogP contribution in [0.2, 0.25) is 0 Å². The molecule has 12 heteroatoms. The minimum absolute atomic E-state index is 0.151. The molecule has 3 aromatic heterocycles. The molecule has 0 unspecified atom stereocenters. The van der Waals surface area contributed by atoms with Gasteiger partial charge in [0.25, 0.3) is 10.0 Å². The maximum atomic E-state index is 13.1. The van der Waals surface area contributed by atoms with E-state index in [0.29, 0.717) is 22.3 Å². The normalized spacial score (nSPS) is 12.4. The maximum absolute atomic E-state index is 13.1. The minimum Gasteiger partial charge on any atom is -0.277 e. The molecule has 1 aromatic carbocycles. The molecule has 0 atom stereocenters. The number of anilines is 1. The molecular formula is C18H15F3N6O2S. The van der Waals surface area contributed by atoms with Crippen LogP contribution in [0.1, 0.15) is 11.3 Å². The molecule has 0 aliphatic carbocycles. The molecule has 3 heterocycles. The SMILES string of the molecule is Cc1n[nH]c2cccc(N(C)S(=O)(=O)c3cnn(-c4cc(C(F)(F)F)ccn4)c3)c12. The first-order chi connectivity index (χ1) is 14.1. The van der Waals surface area contributed by atoms with Crippen LogP contribution in [0.15, 0.2) is 53.8 Å². The Hall–Kier alpha value is -3.41. The molecular weight excluding hydrogens is 421 g/mol. The minimum atomic E-state index is -4.55. The highest BCUT2D eigenvalue weighted by Crippen LogP contribution is 2.32. The predicted octanol–water partition coefficient (Wildman–Crippen LogP) is 3.30. The van der Waals surface area contributed by atoms with E-state index in [1.54, 1.807) is 25.1 Å². The molecule has 0 spiro atoms. The van der Waals surface area contributed by atoms with Crippen molar-refractivity contribution < 1.29 is 21.6 Å². The first-order valence-corrected chi connectivity index (χ1v) is 10.0. The maximum Gasteiger partial charge on any atom is 0.416 e. The lowest BCUT2D eigenvalue weighted by atomic mass is 10.2. The first-order valence-electron chi connectivity index (χ1n) is 8.60. The van der Waals surface area contributed by atoms with Crippen molar-refractivity contribution in [1.29, 1.82) is 0 Å². The van der Waals surface area contributed by atoms with Gasteiger partial charge in [0.05, 0.1) is 34.9 Å². The molecule has 0 saturated heterocycles. The average Bonchev–Trinajstić information content (AvgIpc) is 3.35. The number of pyridine rings is 1. The molecule has 156 valence electrons. The van der Waals surface area contributed by atoms with E-state index in [4.69, 9.17) is 0 Å². The van der Waals surface area contributed by atoms with Crippen LogP contribution < -0.4 is 4.31 Å². The lowest BCUT2D eigenvalue weighted by molar-refractivity contribution is -0.137. The van der Waals surface area contributed by atoms with Crippen LogP contribution >= 0.6 is 0 Å². The fraction of sp³-hybridized carbons (Fsp3) is 0.167. The Kier molecular flexibility index (Phi) is 4.53. The highest BCUT2D eigenvalue weighted by atomic mass is 32.2. The van der Waals surface area contributed by atoms with Gasteiger partial charge in [-0.15, -0.1) is 0 Å². The van der Waals surface area contributed by atoms with Crippen molar-refractivity contribution >= 4 is 26.6 Å². The smallest absolute Gasteiger partial charge is 0.277 e. The second kappa shape index (κ2) is 6.83. The van der Waals surface area contributed by atoms with Gasteiger partial charge in [0.15, 0.2) is 5.82 Å². The van der Waals surface area contributed by atoms with Gasteiger partial charge in [-0.05, 0) is 31.2 Å². The number of hydrogen-bond donors (Lipinski definition) is 1. The fourth-order valence-corrected chi connectivity index (χ4v) is 4.19. The monoisotopic (exact) mass is 436 g/mol.